The fraction of sp³-hybridized carbons (Fsp3) is 0.273. The molecule has 1 aliphatic carbocycles. The first-order valence-corrected chi connectivity index (χ1v) is 15.9. The second-order valence-corrected chi connectivity index (χ2v) is 12.3. The molecule has 4 aromatic rings. The number of aromatic nitrogens is 1. The minimum Gasteiger partial charge on any atom is -0.479 e. The van der Waals surface area contributed by atoms with Crippen LogP contribution in [-0.2, 0) is 22.2 Å². The van der Waals surface area contributed by atoms with Gasteiger partial charge in [0, 0.05) is 17.3 Å². The highest BCUT2D eigenvalue weighted by molar-refractivity contribution is 7.22. The molecule has 256 valence electrons. The Hall–Kier alpha value is -5.06. The van der Waals surface area contributed by atoms with Gasteiger partial charge in [0.05, 0.1) is 28.9 Å². The lowest BCUT2D eigenvalue weighted by molar-refractivity contribution is -0.461. The van der Waals surface area contributed by atoms with Gasteiger partial charge in [0.15, 0.2) is 11.2 Å². The second-order valence-electron chi connectivity index (χ2n) is 11.3. The van der Waals surface area contributed by atoms with E-state index < -0.39 is 54.3 Å². The van der Waals surface area contributed by atoms with Crippen LogP contribution in [0.25, 0.3) is 15.8 Å². The fourth-order valence-corrected chi connectivity index (χ4v) is 6.26. The van der Waals surface area contributed by atoms with E-state index >= 15 is 0 Å². The molecule has 0 saturated heterocycles. The number of urea groups is 1. The maximum atomic E-state index is 14.3. The van der Waals surface area contributed by atoms with Gasteiger partial charge in [-0.3, -0.25) is 15.0 Å². The minimum atomic E-state index is -4.54. The molecule has 0 fully saturated rings. The minimum absolute atomic E-state index is 0.00228. The molecule has 0 unspecified atom stereocenters. The number of hydrogen-bond acceptors (Lipinski definition) is 8. The summed E-state index contributed by atoms with van der Waals surface area (Å²) in [6, 6.07) is 14.8. The smallest absolute Gasteiger partial charge is 0.479 e. The number of halogens is 4. The van der Waals surface area contributed by atoms with Gasteiger partial charge < -0.3 is 20.3 Å². The van der Waals surface area contributed by atoms with Gasteiger partial charge in [0.2, 0.25) is 0 Å². The third-order valence-electron chi connectivity index (χ3n) is 7.88. The summed E-state index contributed by atoms with van der Waals surface area (Å²) in [6.07, 6.45) is -4.30. The van der Waals surface area contributed by atoms with E-state index in [1.807, 2.05) is 12.1 Å². The number of carboxylic acids is 1. The molecule has 3 amide bonds. The van der Waals surface area contributed by atoms with E-state index in [-0.39, 0.29) is 27.5 Å². The topological polar surface area (TPSA) is 150 Å². The van der Waals surface area contributed by atoms with Crippen LogP contribution in [0, 0.1) is 0 Å². The van der Waals surface area contributed by atoms with Crippen LogP contribution in [0.4, 0.5) is 33.2 Å². The summed E-state index contributed by atoms with van der Waals surface area (Å²) in [4.78, 5) is 42.6. The number of fused-ring (bicyclic) bond motifs is 2. The molecule has 11 nitrogen and oxygen atoms in total. The number of allylic oxidation sites excluding steroid dienone is 2. The first-order chi connectivity index (χ1) is 23.3. The first-order valence-electron chi connectivity index (χ1n) is 15.0. The lowest BCUT2D eigenvalue weighted by Crippen LogP contribution is -2.41. The standard InChI is InChI=1S/C33H28F4N4O7S/c34-32(35)23-14-24-27(15-26(23)47-33(36,37)48-32)49-30(39-24)40-31(46)41(22-12-10-20(11-13-22)19-4-2-1-3-5-19)17-18-6-8-21(9-7-18)28(43)38-16-25(42)29(44)45/h4,6-15,25,42H,1-3,5,16-17H2,(H,38,43)(H,44,45)(H,39,40,46)/t25-/m1/s1. The zero-order chi connectivity index (χ0) is 34.9. The van der Waals surface area contributed by atoms with E-state index in [1.54, 1.807) is 24.3 Å². The molecule has 0 spiro atoms. The third-order valence-corrected chi connectivity index (χ3v) is 8.81. The summed E-state index contributed by atoms with van der Waals surface area (Å²) < 4.78 is 63.9. The summed E-state index contributed by atoms with van der Waals surface area (Å²) in [5.41, 5.74) is 2.61. The number of carbonyl (C=O) groups excluding carboxylic acids is 2. The first kappa shape index (κ1) is 33.8. The van der Waals surface area contributed by atoms with Crippen molar-refractivity contribution in [1.82, 2.24) is 10.3 Å². The van der Waals surface area contributed by atoms with E-state index in [4.69, 9.17) is 5.11 Å². The van der Waals surface area contributed by atoms with Crippen LogP contribution in [-0.4, -0.2) is 52.0 Å². The molecule has 1 atom stereocenters. The zero-order valence-corrected chi connectivity index (χ0v) is 26.2. The largest absolute Gasteiger partial charge is 0.540 e. The van der Waals surface area contributed by atoms with Crippen molar-refractivity contribution in [3.05, 3.63) is 89.0 Å². The molecule has 2 aliphatic rings. The monoisotopic (exact) mass is 700 g/mol. The van der Waals surface area contributed by atoms with Crippen LogP contribution < -0.4 is 20.3 Å². The number of benzene rings is 3. The summed E-state index contributed by atoms with van der Waals surface area (Å²) >= 11 is 0.866. The van der Waals surface area contributed by atoms with Crippen molar-refractivity contribution in [2.45, 2.75) is 50.7 Å². The number of carbonyl (C=O) groups is 3. The van der Waals surface area contributed by atoms with Crippen molar-refractivity contribution in [2.75, 3.05) is 16.8 Å². The lowest BCUT2D eigenvalue weighted by atomic mass is 9.93. The van der Waals surface area contributed by atoms with Crippen molar-refractivity contribution in [2.24, 2.45) is 0 Å². The Bertz CT molecular complexity index is 1930. The Morgan fingerprint density at radius 1 is 1.02 bits per heavy atom. The molecule has 16 heteroatoms. The molecule has 6 rings (SSSR count). The molecular formula is C33H28F4N4O7S. The van der Waals surface area contributed by atoms with Crippen LogP contribution in [0.1, 0.15) is 52.7 Å². The number of ether oxygens (including phenoxy) is 2. The van der Waals surface area contributed by atoms with Crippen LogP contribution in [0.2, 0.25) is 0 Å². The molecule has 0 bridgehead atoms. The van der Waals surface area contributed by atoms with Crippen molar-refractivity contribution in [1.29, 1.82) is 0 Å². The quantitative estimate of drug-likeness (QED) is 0.141. The van der Waals surface area contributed by atoms with Gasteiger partial charge in [-0.05, 0) is 72.7 Å². The summed E-state index contributed by atoms with van der Waals surface area (Å²) in [5.74, 6) is -2.86. The Morgan fingerprint density at radius 2 is 1.76 bits per heavy atom. The zero-order valence-electron chi connectivity index (χ0n) is 25.4. The maximum absolute atomic E-state index is 14.3. The highest BCUT2D eigenvalue weighted by Gasteiger charge is 2.54. The Labute approximate surface area is 279 Å². The number of hydrogen-bond donors (Lipinski definition) is 4. The number of aliphatic hydroxyl groups excluding tert-OH is 1. The highest BCUT2D eigenvalue weighted by atomic mass is 32.1. The predicted molar refractivity (Wildman–Crippen MR) is 171 cm³/mol. The second kappa shape index (κ2) is 13.4. The average molecular weight is 701 g/mol. The number of nitrogens with one attached hydrogen (secondary N) is 2. The van der Waals surface area contributed by atoms with Crippen LogP contribution in [0.15, 0.2) is 66.7 Å². The highest BCUT2D eigenvalue weighted by Crippen LogP contribution is 2.48. The number of aliphatic hydroxyl groups is 1. The summed E-state index contributed by atoms with van der Waals surface area (Å²) in [5, 5.41) is 23.2. The van der Waals surface area contributed by atoms with Gasteiger partial charge in [-0.25, -0.2) is 19.3 Å². The predicted octanol–water partition coefficient (Wildman–Crippen LogP) is 6.68. The molecule has 0 saturated carbocycles. The van der Waals surface area contributed by atoms with Gasteiger partial charge in [-0.1, -0.05) is 41.7 Å². The molecule has 49 heavy (non-hydrogen) atoms. The molecule has 2 heterocycles. The van der Waals surface area contributed by atoms with E-state index in [0.29, 0.717) is 11.3 Å². The van der Waals surface area contributed by atoms with Crippen LogP contribution >= 0.6 is 11.3 Å². The molecule has 0 radical (unpaired) electrons. The number of aliphatic carboxylic acids is 1. The number of nitrogens with zero attached hydrogens (tertiary/aromatic N) is 2. The third kappa shape index (κ3) is 7.66. The van der Waals surface area contributed by atoms with Gasteiger partial charge in [0.1, 0.15) is 5.75 Å². The summed E-state index contributed by atoms with van der Waals surface area (Å²) in [6.45, 7) is -0.472. The van der Waals surface area contributed by atoms with E-state index in [9.17, 15) is 37.1 Å². The van der Waals surface area contributed by atoms with Crippen molar-refractivity contribution < 1.29 is 51.6 Å². The van der Waals surface area contributed by atoms with Gasteiger partial charge in [0.25, 0.3) is 5.91 Å². The normalized spacial score (nSPS) is 16.9. The number of amides is 3. The number of carboxylic acid groups (broad SMARTS) is 1. The van der Waals surface area contributed by atoms with Crippen LogP contribution in [0.5, 0.6) is 5.75 Å². The van der Waals surface area contributed by atoms with Gasteiger partial charge in [-0.15, -0.1) is 8.78 Å². The molecular weight excluding hydrogens is 672 g/mol. The SMILES string of the molecule is O=C(NC[C@@H](O)C(=O)O)c1ccc(CN(C(=O)Nc2nc3cc4c(cc3s2)OC(F)(F)OC4(F)F)c2ccc(C3=CCCCC3)cc2)cc1. The lowest BCUT2D eigenvalue weighted by Gasteiger charge is -2.30. The molecule has 3 aromatic carbocycles. The Balaban J connectivity index is 1.25. The Kier molecular flexibility index (Phi) is 9.28. The average Bonchev–Trinajstić information content (AvgIpc) is 3.46. The number of thiazole rings is 1. The number of alkyl halides is 4. The number of rotatable bonds is 9. The van der Waals surface area contributed by atoms with Crippen molar-refractivity contribution in [3.8, 4) is 5.75 Å². The van der Waals surface area contributed by atoms with Gasteiger partial charge in [-0.2, -0.15) is 8.78 Å². The molecule has 1 aromatic heterocycles. The van der Waals surface area contributed by atoms with E-state index in [2.05, 4.69) is 31.2 Å². The van der Waals surface area contributed by atoms with E-state index in [1.165, 1.54) is 22.6 Å². The summed E-state index contributed by atoms with van der Waals surface area (Å²) in [7, 11) is 0. The van der Waals surface area contributed by atoms with Crippen molar-refractivity contribution in [3.63, 3.8) is 0 Å². The molecule has 1 aliphatic heterocycles. The van der Waals surface area contributed by atoms with Gasteiger partial charge >= 0.3 is 24.4 Å². The molecule has 4 N–H and O–H groups in total. The Morgan fingerprint density at radius 3 is 2.43 bits per heavy atom. The van der Waals surface area contributed by atoms with Crippen LogP contribution in [0.3, 0.4) is 0 Å². The maximum Gasteiger partial charge on any atom is 0.540 e. The van der Waals surface area contributed by atoms with E-state index in [0.717, 1.165) is 54.7 Å². The number of anilines is 2. The van der Waals surface area contributed by atoms with Crippen molar-refractivity contribution >= 4 is 55.9 Å². The fourth-order valence-electron chi connectivity index (χ4n) is 5.39.